The van der Waals surface area contributed by atoms with E-state index in [-0.39, 0.29) is 5.92 Å². The van der Waals surface area contributed by atoms with Crippen LogP contribution in [0.5, 0.6) is 5.75 Å². The minimum atomic E-state index is -0.646. The van der Waals surface area contributed by atoms with E-state index in [1.165, 1.54) is 5.56 Å². The highest BCUT2D eigenvalue weighted by Crippen LogP contribution is 2.21. The van der Waals surface area contributed by atoms with Crippen molar-refractivity contribution in [3.05, 3.63) is 29.8 Å². The maximum Gasteiger partial charge on any atom is 0.306 e. The van der Waals surface area contributed by atoms with E-state index in [2.05, 4.69) is 24.0 Å². The summed E-state index contributed by atoms with van der Waals surface area (Å²) in [6.07, 6.45) is 2.52. The number of carboxylic acid groups (broad SMARTS) is 1. The molecule has 1 N–H and O–H groups in total. The Balaban J connectivity index is 1.85. The van der Waals surface area contributed by atoms with Gasteiger partial charge in [0.25, 0.3) is 0 Å². The van der Waals surface area contributed by atoms with E-state index in [0.29, 0.717) is 6.04 Å². The summed E-state index contributed by atoms with van der Waals surface area (Å²) in [5, 5.41) is 9.02. The van der Waals surface area contributed by atoms with E-state index in [1.54, 1.807) is 7.11 Å². The fraction of sp³-hybridized carbons (Fsp3) is 0.562. The highest BCUT2D eigenvalue weighted by atomic mass is 16.5. The van der Waals surface area contributed by atoms with Gasteiger partial charge in [0.2, 0.25) is 0 Å². The maximum absolute atomic E-state index is 11.0. The molecule has 0 bridgehead atoms. The first-order valence-electron chi connectivity index (χ1n) is 7.20. The Kier molecular flexibility index (Phi) is 5.01. The Morgan fingerprint density at radius 1 is 1.35 bits per heavy atom. The van der Waals surface area contributed by atoms with Crippen molar-refractivity contribution >= 4 is 5.97 Å². The first kappa shape index (κ1) is 14.9. The standard InChI is InChI=1S/C16H23NO3/c1-12(11-13-3-5-15(20-2)6-4-13)17-9-7-14(8-10-17)16(18)19/h3-6,12,14H,7-11H2,1-2H3,(H,18,19). The van der Waals surface area contributed by atoms with Gasteiger partial charge in [-0.3, -0.25) is 4.79 Å². The van der Waals surface area contributed by atoms with Crippen LogP contribution in [0.25, 0.3) is 0 Å². The molecule has 1 fully saturated rings. The summed E-state index contributed by atoms with van der Waals surface area (Å²) in [5.74, 6) is 0.0792. The molecule has 1 aromatic carbocycles. The number of nitrogens with zero attached hydrogens (tertiary/aromatic N) is 1. The van der Waals surface area contributed by atoms with Crippen molar-refractivity contribution in [1.29, 1.82) is 0 Å². The number of carbonyl (C=O) groups is 1. The second kappa shape index (κ2) is 6.75. The molecule has 0 aromatic heterocycles. The zero-order valence-corrected chi connectivity index (χ0v) is 12.2. The molecule has 1 atom stereocenters. The van der Waals surface area contributed by atoms with Crippen LogP contribution in [0.15, 0.2) is 24.3 Å². The van der Waals surface area contributed by atoms with Gasteiger partial charge in [0.15, 0.2) is 0 Å². The first-order valence-corrected chi connectivity index (χ1v) is 7.20. The zero-order valence-electron chi connectivity index (χ0n) is 12.2. The van der Waals surface area contributed by atoms with Crippen molar-refractivity contribution in [1.82, 2.24) is 4.90 Å². The minimum Gasteiger partial charge on any atom is -0.497 e. The summed E-state index contributed by atoms with van der Waals surface area (Å²) in [6.45, 7) is 3.98. The van der Waals surface area contributed by atoms with Crippen molar-refractivity contribution < 1.29 is 14.6 Å². The van der Waals surface area contributed by atoms with Gasteiger partial charge in [-0.2, -0.15) is 0 Å². The van der Waals surface area contributed by atoms with Crippen LogP contribution in [0.1, 0.15) is 25.3 Å². The van der Waals surface area contributed by atoms with Gasteiger partial charge in [0, 0.05) is 6.04 Å². The molecule has 20 heavy (non-hydrogen) atoms. The van der Waals surface area contributed by atoms with Crippen LogP contribution in [-0.4, -0.2) is 42.2 Å². The molecule has 1 aromatic rings. The number of hydrogen-bond acceptors (Lipinski definition) is 3. The van der Waals surface area contributed by atoms with Crippen molar-refractivity contribution in [2.24, 2.45) is 5.92 Å². The van der Waals surface area contributed by atoms with Gasteiger partial charge in [-0.15, -0.1) is 0 Å². The number of aliphatic carboxylic acids is 1. The maximum atomic E-state index is 11.0. The first-order chi connectivity index (χ1) is 9.60. The lowest BCUT2D eigenvalue weighted by Gasteiger charge is -2.34. The lowest BCUT2D eigenvalue weighted by atomic mass is 9.95. The van der Waals surface area contributed by atoms with Crippen LogP contribution >= 0.6 is 0 Å². The van der Waals surface area contributed by atoms with E-state index in [1.807, 2.05) is 12.1 Å². The molecule has 1 aliphatic rings. The van der Waals surface area contributed by atoms with Gasteiger partial charge in [0.1, 0.15) is 5.75 Å². The van der Waals surface area contributed by atoms with E-state index in [4.69, 9.17) is 9.84 Å². The van der Waals surface area contributed by atoms with Crippen LogP contribution in [0, 0.1) is 5.92 Å². The van der Waals surface area contributed by atoms with Crippen LogP contribution < -0.4 is 4.74 Å². The highest BCUT2D eigenvalue weighted by Gasteiger charge is 2.26. The van der Waals surface area contributed by atoms with Crippen LogP contribution in [0.4, 0.5) is 0 Å². The van der Waals surface area contributed by atoms with E-state index < -0.39 is 5.97 Å². The second-order valence-corrected chi connectivity index (χ2v) is 5.55. The van der Waals surface area contributed by atoms with Crippen molar-refractivity contribution in [3.63, 3.8) is 0 Å². The van der Waals surface area contributed by atoms with E-state index in [0.717, 1.165) is 38.1 Å². The topological polar surface area (TPSA) is 49.8 Å². The Morgan fingerprint density at radius 3 is 2.45 bits per heavy atom. The molecule has 0 radical (unpaired) electrons. The third-order valence-corrected chi connectivity index (χ3v) is 4.19. The average molecular weight is 277 g/mol. The summed E-state index contributed by atoms with van der Waals surface area (Å²) in [5.41, 5.74) is 1.29. The van der Waals surface area contributed by atoms with Gasteiger partial charge >= 0.3 is 5.97 Å². The predicted molar refractivity (Wildman–Crippen MR) is 78.1 cm³/mol. The molecule has 4 heteroatoms. The lowest BCUT2D eigenvalue weighted by molar-refractivity contribution is -0.143. The number of rotatable bonds is 5. The SMILES string of the molecule is COc1ccc(CC(C)N2CCC(C(=O)O)CC2)cc1. The molecule has 0 saturated carbocycles. The number of methoxy groups -OCH3 is 1. The fourth-order valence-corrected chi connectivity index (χ4v) is 2.82. The quantitative estimate of drug-likeness (QED) is 0.898. The van der Waals surface area contributed by atoms with Crippen LogP contribution in [0.2, 0.25) is 0 Å². The van der Waals surface area contributed by atoms with Crippen molar-refractivity contribution in [2.75, 3.05) is 20.2 Å². The zero-order chi connectivity index (χ0) is 14.5. The Morgan fingerprint density at radius 2 is 1.95 bits per heavy atom. The minimum absolute atomic E-state index is 0.153. The normalized spacial score (nSPS) is 18.7. The molecule has 4 nitrogen and oxygen atoms in total. The molecule has 1 heterocycles. The summed E-state index contributed by atoms with van der Waals surface area (Å²) >= 11 is 0. The molecular weight excluding hydrogens is 254 g/mol. The van der Waals surface area contributed by atoms with Crippen molar-refractivity contribution in [2.45, 2.75) is 32.2 Å². The summed E-state index contributed by atoms with van der Waals surface area (Å²) in [6, 6.07) is 8.61. The smallest absolute Gasteiger partial charge is 0.306 e. The van der Waals surface area contributed by atoms with Gasteiger partial charge < -0.3 is 14.7 Å². The van der Waals surface area contributed by atoms with Crippen LogP contribution in [0.3, 0.4) is 0 Å². The number of likely N-dealkylation sites (tertiary alicyclic amines) is 1. The number of carboxylic acids is 1. The molecule has 1 saturated heterocycles. The van der Waals surface area contributed by atoms with Gasteiger partial charge in [-0.05, 0) is 57.0 Å². The Labute approximate surface area is 120 Å². The number of piperidine rings is 1. The lowest BCUT2D eigenvalue weighted by Crippen LogP contribution is -2.42. The molecular formula is C16H23NO3. The van der Waals surface area contributed by atoms with Gasteiger partial charge in [-0.25, -0.2) is 0 Å². The number of benzene rings is 1. The van der Waals surface area contributed by atoms with Gasteiger partial charge in [-0.1, -0.05) is 12.1 Å². The monoisotopic (exact) mass is 277 g/mol. The van der Waals surface area contributed by atoms with Gasteiger partial charge in [0.05, 0.1) is 13.0 Å². The molecule has 2 rings (SSSR count). The van der Waals surface area contributed by atoms with Crippen LogP contribution in [-0.2, 0) is 11.2 Å². The second-order valence-electron chi connectivity index (χ2n) is 5.55. The Hall–Kier alpha value is -1.55. The molecule has 1 unspecified atom stereocenters. The van der Waals surface area contributed by atoms with E-state index in [9.17, 15) is 4.79 Å². The number of ether oxygens (including phenoxy) is 1. The largest absolute Gasteiger partial charge is 0.497 e. The summed E-state index contributed by atoms with van der Waals surface area (Å²) in [7, 11) is 1.67. The van der Waals surface area contributed by atoms with E-state index >= 15 is 0 Å². The fourth-order valence-electron chi connectivity index (χ4n) is 2.82. The molecule has 1 aliphatic heterocycles. The molecule has 0 aliphatic carbocycles. The Bertz CT molecular complexity index is 436. The summed E-state index contributed by atoms with van der Waals surface area (Å²) in [4.78, 5) is 13.3. The summed E-state index contributed by atoms with van der Waals surface area (Å²) < 4.78 is 5.16. The third kappa shape index (κ3) is 3.73. The van der Waals surface area contributed by atoms with Crippen molar-refractivity contribution in [3.8, 4) is 5.75 Å². The molecule has 0 amide bonds. The third-order valence-electron chi connectivity index (χ3n) is 4.19. The molecule has 110 valence electrons. The molecule has 0 spiro atoms. The average Bonchev–Trinajstić information content (AvgIpc) is 2.48. The predicted octanol–water partition coefficient (Wildman–Crippen LogP) is 2.42. The highest BCUT2D eigenvalue weighted by molar-refractivity contribution is 5.70. The number of hydrogen-bond donors (Lipinski definition) is 1.